The topological polar surface area (TPSA) is 57.6 Å². The monoisotopic (exact) mass is 271 g/mol. The highest BCUT2D eigenvalue weighted by molar-refractivity contribution is 7.89. The third kappa shape index (κ3) is 3.31. The number of benzene rings is 1. The lowest BCUT2D eigenvalue weighted by Gasteiger charge is -2.23. The fraction of sp³-hybridized carbons (Fsp3) is 0.538. The van der Waals surface area contributed by atoms with E-state index in [0.29, 0.717) is 11.3 Å². The molecule has 0 aliphatic heterocycles. The smallest absolute Gasteiger partial charge is 0.243 e. The van der Waals surface area contributed by atoms with Gasteiger partial charge in [0.2, 0.25) is 10.0 Å². The van der Waals surface area contributed by atoms with E-state index in [1.165, 1.54) is 4.31 Å². The van der Waals surface area contributed by atoms with Crippen LogP contribution in [0.5, 0.6) is 0 Å². The van der Waals surface area contributed by atoms with E-state index in [-0.39, 0.29) is 12.6 Å². The van der Waals surface area contributed by atoms with Crippen LogP contribution in [0.15, 0.2) is 29.2 Å². The van der Waals surface area contributed by atoms with Gasteiger partial charge in [-0.3, -0.25) is 0 Å². The molecule has 0 aromatic heterocycles. The lowest BCUT2D eigenvalue weighted by molar-refractivity contribution is 0.299. The van der Waals surface area contributed by atoms with Gasteiger partial charge < -0.3 is 5.11 Å². The highest BCUT2D eigenvalue weighted by Gasteiger charge is 2.24. The summed E-state index contributed by atoms with van der Waals surface area (Å²) in [7, 11) is -1.81. The van der Waals surface area contributed by atoms with Crippen molar-refractivity contribution < 1.29 is 13.5 Å². The average molecular weight is 271 g/mol. The molecule has 4 nitrogen and oxygen atoms in total. The molecule has 1 unspecified atom stereocenters. The Morgan fingerprint density at radius 3 is 2.28 bits per heavy atom. The number of rotatable bonds is 6. The molecule has 0 fully saturated rings. The van der Waals surface area contributed by atoms with Crippen molar-refractivity contribution in [2.24, 2.45) is 0 Å². The second-order valence-electron chi connectivity index (χ2n) is 4.40. The van der Waals surface area contributed by atoms with Gasteiger partial charge in [0.25, 0.3) is 0 Å². The molecule has 0 spiro atoms. The Morgan fingerprint density at radius 2 is 1.83 bits per heavy atom. The van der Waals surface area contributed by atoms with E-state index >= 15 is 0 Å². The van der Waals surface area contributed by atoms with Gasteiger partial charge in [-0.05, 0) is 37.5 Å². The van der Waals surface area contributed by atoms with Gasteiger partial charge in [-0.1, -0.05) is 19.1 Å². The van der Waals surface area contributed by atoms with E-state index in [4.69, 9.17) is 5.11 Å². The zero-order valence-electron chi connectivity index (χ0n) is 11.1. The molecule has 0 aliphatic rings. The van der Waals surface area contributed by atoms with Crippen molar-refractivity contribution in [2.45, 2.75) is 37.6 Å². The Kier molecular flexibility index (Phi) is 5.31. The molecular weight excluding hydrogens is 250 g/mol. The Balaban J connectivity index is 2.98. The first-order valence-electron chi connectivity index (χ1n) is 6.11. The number of aliphatic hydroxyl groups excluding tert-OH is 1. The van der Waals surface area contributed by atoms with Gasteiger partial charge in [-0.15, -0.1) is 0 Å². The third-order valence-corrected chi connectivity index (χ3v) is 5.20. The molecule has 0 saturated heterocycles. The summed E-state index contributed by atoms with van der Waals surface area (Å²) in [6.07, 6.45) is 1.32. The van der Waals surface area contributed by atoms with Crippen molar-refractivity contribution >= 4 is 10.0 Å². The maximum atomic E-state index is 12.3. The van der Waals surface area contributed by atoms with Crippen LogP contribution < -0.4 is 0 Å². The molecule has 1 N–H and O–H groups in total. The van der Waals surface area contributed by atoms with Crippen molar-refractivity contribution in [3.63, 3.8) is 0 Å². The predicted molar refractivity (Wildman–Crippen MR) is 71.9 cm³/mol. The van der Waals surface area contributed by atoms with Crippen LogP contribution in [0, 0.1) is 0 Å². The molecule has 5 heteroatoms. The van der Waals surface area contributed by atoms with Gasteiger partial charge in [0, 0.05) is 19.7 Å². The average Bonchev–Trinajstić information content (AvgIpc) is 2.38. The first kappa shape index (κ1) is 15.1. The lowest BCUT2D eigenvalue weighted by atomic mass is 10.2. The number of sulfonamides is 1. The first-order chi connectivity index (χ1) is 8.43. The second kappa shape index (κ2) is 6.31. The van der Waals surface area contributed by atoms with Crippen molar-refractivity contribution in [3.05, 3.63) is 29.8 Å². The van der Waals surface area contributed by atoms with Crippen LogP contribution in [0.4, 0.5) is 0 Å². The molecule has 0 bridgehead atoms. The second-order valence-corrected chi connectivity index (χ2v) is 6.39. The maximum Gasteiger partial charge on any atom is 0.243 e. The molecule has 1 atom stereocenters. The molecule has 1 aromatic rings. The molecule has 18 heavy (non-hydrogen) atoms. The summed E-state index contributed by atoms with van der Waals surface area (Å²) in [4.78, 5) is 0.298. The number of nitrogens with zero attached hydrogens (tertiary/aromatic N) is 1. The molecule has 0 amide bonds. The standard InChI is InChI=1S/C13H21NO3S/c1-4-11(2)14(3)18(16,17)13-7-5-12(6-8-13)9-10-15/h5-8,11,15H,4,9-10H2,1-3H3. The highest BCUT2D eigenvalue weighted by Crippen LogP contribution is 2.18. The zero-order chi connectivity index (χ0) is 13.8. The molecule has 102 valence electrons. The van der Waals surface area contributed by atoms with Crippen LogP contribution in [0.2, 0.25) is 0 Å². The van der Waals surface area contributed by atoms with Gasteiger partial charge in [0.05, 0.1) is 4.90 Å². The predicted octanol–water partition coefficient (Wildman–Crippen LogP) is 1.64. The van der Waals surface area contributed by atoms with Crippen molar-refractivity contribution in [3.8, 4) is 0 Å². The van der Waals surface area contributed by atoms with Gasteiger partial charge in [-0.25, -0.2) is 8.42 Å². The van der Waals surface area contributed by atoms with E-state index in [9.17, 15) is 8.42 Å². The first-order valence-corrected chi connectivity index (χ1v) is 7.55. The number of hydrogen-bond acceptors (Lipinski definition) is 3. The van der Waals surface area contributed by atoms with E-state index in [0.717, 1.165) is 12.0 Å². The minimum atomic E-state index is -3.41. The number of aliphatic hydroxyl groups is 1. The minimum absolute atomic E-state index is 0.0212. The molecule has 1 aromatic carbocycles. The highest BCUT2D eigenvalue weighted by atomic mass is 32.2. The molecule has 0 heterocycles. The van der Waals surface area contributed by atoms with Gasteiger partial charge in [0.15, 0.2) is 0 Å². The fourth-order valence-corrected chi connectivity index (χ4v) is 3.05. The molecular formula is C13H21NO3S. The normalized spacial score (nSPS) is 13.8. The molecule has 0 saturated carbocycles. The number of hydrogen-bond donors (Lipinski definition) is 1. The summed E-state index contributed by atoms with van der Waals surface area (Å²) in [5.41, 5.74) is 0.933. The van der Waals surface area contributed by atoms with E-state index in [2.05, 4.69) is 0 Å². The van der Waals surface area contributed by atoms with Crippen molar-refractivity contribution in [1.29, 1.82) is 0 Å². The van der Waals surface area contributed by atoms with Gasteiger partial charge in [-0.2, -0.15) is 4.31 Å². The van der Waals surface area contributed by atoms with Crippen LogP contribution in [0.3, 0.4) is 0 Å². The van der Waals surface area contributed by atoms with Crippen molar-refractivity contribution in [2.75, 3.05) is 13.7 Å². The Morgan fingerprint density at radius 1 is 1.28 bits per heavy atom. The summed E-state index contributed by atoms with van der Waals surface area (Å²) in [5, 5.41) is 8.82. The third-order valence-electron chi connectivity index (χ3n) is 3.21. The van der Waals surface area contributed by atoms with E-state index in [1.54, 1.807) is 31.3 Å². The summed E-state index contributed by atoms with van der Waals surface area (Å²) in [6.45, 7) is 3.91. The molecule has 0 aliphatic carbocycles. The summed E-state index contributed by atoms with van der Waals surface area (Å²) < 4.78 is 26.0. The largest absolute Gasteiger partial charge is 0.396 e. The Labute approximate surface area is 109 Å². The maximum absolute atomic E-state index is 12.3. The van der Waals surface area contributed by atoms with E-state index in [1.807, 2.05) is 13.8 Å². The summed E-state index contributed by atoms with van der Waals surface area (Å²) in [5.74, 6) is 0. The quantitative estimate of drug-likeness (QED) is 0.855. The lowest BCUT2D eigenvalue weighted by Crippen LogP contribution is -2.34. The van der Waals surface area contributed by atoms with Gasteiger partial charge in [0.1, 0.15) is 0 Å². The van der Waals surface area contributed by atoms with Crippen molar-refractivity contribution in [1.82, 2.24) is 4.31 Å². The Hall–Kier alpha value is -0.910. The van der Waals surface area contributed by atoms with Crippen LogP contribution in [-0.4, -0.2) is 37.5 Å². The summed E-state index contributed by atoms with van der Waals surface area (Å²) in [6, 6.07) is 6.66. The Bertz CT molecular complexity index is 468. The van der Waals surface area contributed by atoms with Gasteiger partial charge >= 0.3 is 0 Å². The summed E-state index contributed by atoms with van der Waals surface area (Å²) >= 11 is 0. The van der Waals surface area contributed by atoms with Crippen LogP contribution in [0.25, 0.3) is 0 Å². The van der Waals surface area contributed by atoms with E-state index < -0.39 is 10.0 Å². The van der Waals surface area contributed by atoms with Crippen LogP contribution in [-0.2, 0) is 16.4 Å². The molecule has 1 rings (SSSR count). The SMILES string of the molecule is CCC(C)N(C)S(=O)(=O)c1ccc(CCO)cc1. The van der Waals surface area contributed by atoms with Crippen LogP contribution >= 0.6 is 0 Å². The fourth-order valence-electron chi connectivity index (χ4n) is 1.62. The minimum Gasteiger partial charge on any atom is -0.396 e. The molecule has 0 radical (unpaired) electrons. The van der Waals surface area contributed by atoms with Crippen LogP contribution in [0.1, 0.15) is 25.8 Å². The zero-order valence-corrected chi connectivity index (χ0v) is 11.9.